The number of nitrogens with two attached hydrogens (primary N) is 1. The summed E-state index contributed by atoms with van der Waals surface area (Å²) in [6, 6.07) is 14.7. The van der Waals surface area contributed by atoms with Crippen molar-refractivity contribution < 1.29 is 9.47 Å². The van der Waals surface area contributed by atoms with Crippen LogP contribution in [0.5, 0.6) is 11.5 Å². The average Bonchev–Trinajstić information content (AvgIpc) is 2.45. The third-order valence-corrected chi connectivity index (χ3v) is 2.68. The van der Waals surface area contributed by atoms with Crippen LogP contribution in [-0.2, 0) is 6.61 Å². The van der Waals surface area contributed by atoms with Crippen molar-refractivity contribution in [2.45, 2.75) is 6.61 Å². The molecular formula is C15H14N2O2. The quantitative estimate of drug-likeness (QED) is 0.852. The van der Waals surface area contributed by atoms with Crippen LogP contribution in [0.3, 0.4) is 0 Å². The third kappa shape index (κ3) is 3.17. The van der Waals surface area contributed by atoms with E-state index < -0.39 is 0 Å². The van der Waals surface area contributed by atoms with Crippen molar-refractivity contribution in [3.05, 3.63) is 53.6 Å². The van der Waals surface area contributed by atoms with Crippen LogP contribution in [0.2, 0.25) is 0 Å². The first-order valence-electron chi connectivity index (χ1n) is 5.78. The van der Waals surface area contributed by atoms with E-state index in [1.807, 2.05) is 30.3 Å². The van der Waals surface area contributed by atoms with Gasteiger partial charge in [-0.15, -0.1) is 0 Å². The average molecular weight is 254 g/mol. The number of nitrogen functional groups attached to an aromatic ring is 1. The van der Waals surface area contributed by atoms with Crippen molar-refractivity contribution in [1.29, 1.82) is 5.26 Å². The second-order valence-corrected chi connectivity index (χ2v) is 4.00. The van der Waals surface area contributed by atoms with Crippen LogP contribution in [0, 0.1) is 11.3 Å². The molecule has 0 atom stereocenters. The number of rotatable bonds is 4. The number of nitriles is 1. The van der Waals surface area contributed by atoms with Gasteiger partial charge in [0.05, 0.1) is 18.4 Å². The molecule has 0 saturated carbocycles. The Morgan fingerprint density at radius 1 is 1.16 bits per heavy atom. The van der Waals surface area contributed by atoms with E-state index in [-0.39, 0.29) is 0 Å². The molecule has 96 valence electrons. The van der Waals surface area contributed by atoms with Gasteiger partial charge in [-0.2, -0.15) is 5.26 Å². The lowest BCUT2D eigenvalue weighted by molar-refractivity contribution is 0.305. The maximum Gasteiger partial charge on any atom is 0.121 e. The van der Waals surface area contributed by atoms with Gasteiger partial charge in [0.25, 0.3) is 0 Å². The molecule has 2 rings (SSSR count). The molecule has 0 spiro atoms. The molecule has 0 saturated heterocycles. The van der Waals surface area contributed by atoms with Crippen LogP contribution in [0.15, 0.2) is 42.5 Å². The molecular weight excluding hydrogens is 240 g/mol. The van der Waals surface area contributed by atoms with Crippen LogP contribution in [0.4, 0.5) is 5.69 Å². The van der Waals surface area contributed by atoms with E-state index in [0.717, 1.165) is 11.3 Å². The SMILES string of the molecule is COc1cccc(COc2ccc(C#N)c(N)c2)c1. The highest BCUT2D eigenvalue weighted by molar-refractivity contribution is 5.57. The van der Waals surface area contributed by atoms with E-state index in [0.29, 0.717) is 23.6 Å². The summed E-state index contributed by atoms with van der Waals surface area (Å²) in [4.78, 5) is 0. The summed E-state index contributed by atoms with van der Waals surface area (Å²) >= 11 is 0. The fourth-order valence-corrected chi connectivity index (χ4v) is 1.66. The van der Waals surface area contributed by atoms with E-state index in [1.54, 1.807) is 25.3 Å². The summed E-state index contributed by atoms with van der Waals surface area (Å²) in [7, 11) is 1.63. The van der Waals surface area contributed by atoms with Crippen LogP contribution in [0.25, 0.3) is 0 Å². The van der Waals surface area contributed by atoms with Gasteiger partial charge in [-0.05, 0) is 29.8 Å². The van der Waals surface area contributed by atoms with Gasteiger partial charge in [-0.1, -0.05) is 12.1 Å². The van der Waals surface area contributed by atoms with Crippen molar-refractivity contribution in [2.75, 3.05) is 12.8 Å². The Bertz CT molecular complexity index is 618. The predicted molar refractivity (Wildman–Crippen MR) is 72.9 cm³/mol. The summed E-state index contributed by atoms with van der Waals surface area (Å²) in [6.45, 7) is 0.419. The lowest BCUT2D eigenvalue weighted by atomic mass is 10.2. The van der Waals surface area contributed by atoms with Crippen LogP contribution < -0.4 is 15.2 Å². The Morgan fingerprint density at radius 3 is 2.68 bits per heavy atom. The zero-order valence-electron chi connectivity index (χ0n) is 10.6. The number of hydrogen-bond donors (Lipinski definition) is 1. The van der Waals surface area contributed by atoms with Crippen molar-refractivity contribution in [3.63, 3.8) is 0 Å². The fraction of sp³-hybridized carbons (Fsp3) is 0.133. The molecule has 0 unspecified atom stereocenters. The van der Waals surface area contributed by atoms with Gasteiger partial charge in [0.1, 0.15) is 24.2 Å². The molecule has 2 aromatic carbocycles. The van der Waals surface area contributed by atoms with Gasteiger partial charge in [0.2, 0.25) is 0 Å². The zero-order chi connectivity index (χ0) is 13.7. The van der Waals surface area contributed by atoms with Crippen molar-refractivity contribution in [3.8, 4) is 17.6 Å². The smallest absolute Gasteiger partial charge is 0.121 e. The van der Waals surface area contributed by atoms with Gasteiger partial charge in [-0.25, -0.2) is 0 Å². The Hall–Kier alpha value is -2.67. The summed E-state index contributed by atoms with van der Waals surface area (Å²) in [5.41, 5.74) is 7.60. The van der Waals surface area contributed by atoms with Crippen LogP contribution >= 0.6 is 0 Å². The number of nitrogens with zero attached hydrogens (tertiary/aromatic N) is 1. The molecule has 0 aliphatic rings. The molecule has 2 aromatic rings. The molecule has 2 N–H and O–H groups in total. The Labute approximate surface area is 112 Å². The van der Waals surface area contributed by atoms with E-state index in [1.165, 1.54) is 0 Å². The minimum Gasteiger partial charge on any atom is -0.497 e. The monoisotopic (exact) mass is 254 g/mol. The van der Waals surface area contributed by atoms with Gasteiger partial charge in [-0.3, -0.25) is 0 Å². The molecule has 4 nitrogen and oxygen atoms in total. The number of benzene rings is 2. The maximum absolute atomic E-state index is 8.79. The van der Waals surface area contributed by atoms with E-state index in [4.69, 9.17) is 20.5 Å². The fourth-order valence-electron chi connectivity index (χ4n) is 1.66. The maximum atomic E-state index is 8.79. The molecule has 0 bridgehead atoms. The topological polar surface area (TPSA) is 68.3 Å². The molecule has 4 heteroatoms. The van der Waals surface area contributed by atoms with E-state index in [9.17, 15) is 0 Å². The first kappa shape index (κ1) is 12.8. The molecule has 0 fully saturated rings. The molecule has 0 aromatic heterocycles. The molecule has 0 aliphatic carbocycles. The molecule has 0 aliphatic heterocycles. The lowest BCUT2D eigenvalue weighted by Crippen LogP contribution is -1.97. The Morgan fingerprint density at radius 2 is 2.00 bits per heavy atom. The standard InChI is InChI=1S/C15H14N2O2/c1-18-13-4-2-3-11(7-13)10-19-14-6-5-12(9-16)15(17)8-14/h2-8H,10,17H2,1H3. The van der Waals surface area contributed by atoms with E-state index >= 15 is 0 Å². The summed E-state index contributed by atoms with van der Waals surface area (Å²) in [6.07, 6.45) is 0. The van der Waals surface area contributed by atoms with Gasteiger partial charge in [0.15, 0.2) is 0 Å². The first-order chi connectivity index (χ1) is 9.22. The highest BCUT2D eigenvalue weighted by atomic mass is 16.5. The Kier molecular flexibility index (Phi) is 3.89. The minimum absolute atomic E-state index is 0.419. The van der Waals surface area contributed by atoms with Crippen molar-refractivity contribution in [1.82, 2.24) is 0 Å². The molecule has 0 amide bonds. The number of anilines is 1. The van der Waals surface area contributed by atoms with Crippen molar-refractivity contribution >= 4 is 5.69 Å². The lowest BCUT2D eigenvalue weighted by Gasteiger charge is -2.08. The first-order valence-corrected chi connectivity index (χ1v) is 5.78. The number of hydrogen-bond acceptors (Lipinski definition) is 4. The summed E-state index contributed by atoms with van der Waals surface area (Å²) < 4.78 is 10.8. The molecule has 19 heavy (non-hydrogen) atoms. The van der Waals surface area contributed by atoms with Gasteiger partial charge >= 0.3 is 0 Å². The highest BCUT2D eigenvalue weighted by Crippen LogP contribution is 2.21. The van der Waals surface area contributed by atoms with E-state index in [2.05, 4.69) is 0 Å². The van der Waals surface area contributed by atoms with Gasteiger partial charge in [0, 0.05) is 6.07 Å². The molecule has 0 radical (unpaired) electrons. The highest BCUT2D eigenvalue weighted by Gasteiger charge is 2.02. The number of methoxy groups -OCH3 is 1. The predicted octanol–water partition coefficient (Wildman–Crippen LogP) is 2.73. The Balaban J connectivity index is 2.06. The van der Waals surface area contributed by atoms with Crippen molar-refractivity contribution in [2.24, 2.45) is 0 Å². The largest absolute Gasteiger partial charge is 0.497 e. The minimum atomic E-state index is 0.419. The summed E-state index contributed by atoms with van der Waals surface area (Å²) in [5.74, 6) is 1.43. The second-order valence-electron chi connectivity index (χ2n) is 4.00. The number of ether oxygens (including phenoxy) is 2. The van der Waals surface area contributed by atoms with Gasteiger partial charge < -0.3 is 15.2 Å². The summed E-state index contributed by atoms with van der Waals surface area (Å²) in [5, 5.41) is 8.79. The normalized spacial score (nSPS) is 9.68. The zero-order valence-corrected chi connectivity index (χ0v) is 10.6. The second kappa shape index (κ2) is 5.78. The third-order valence-electron chi connectivity index (χ3n) is 2.68. The van der Waals surface area contributed by atoms with Crippen LogP contribution in [-0.4, -0.2) is 7.11 Å². The van der Waals surface area contributed by atoms with Crippen LogP contribution in [0.1, 0.15) is 11.1 Å². The molecule has 0 heterocycles.